The van der Waals surface area contributed by atoms with E-state index >= 15 is 0 Å². The van der Waals surface area contributed by atoms with Gasteiger partial charge in [0, 0.05) is 11.9 Å². The highest BCUT2D eigenvalue weighted by molar-refractivity contribution is 7.89. The lowest BCUT2D eigenvalue weighted by Gasteiger charge is -2.36. The van der Waals surface area contributed by atoms with Crippen molar-refractivity contribution in [1.82, 2.24) is 9.62 Å². The summed E-state index contributed by atoms with van der Waals surface area (Å²) in [5.41, 5.74) is 0.512. The summed E-state index contributed by atoms with van der Waals surface area (Å²) in [6.45, 7) is 8.85. The summed E-state index contributed by atoms with van der Waals surface area (Å²) in [6, 6.07) is 13.0. The maximum absolute atomic E-state index is 12.7. The molecule has 5 heteroatoms. The number of fused-ring (bicyclic) bond motifs is 1. The summed E-state index contributed by atoms with van der Waals surface area (Å²) in [5.74, 6) is 0. The zero-order valence-electron chi connectivity index (χ0n) is 17.3. The third-order valence-corrected chi connectivity index (χ3v) is 7.46. The van der Waals surface area contributed by atoms with Crippen LogP contribution < -0.4 is 4.72 Å². The monoisotopic (exact) mass is 402 g/mol. The highest BCUT2D eigenvalue weighted by atomic mass is 32.2. The lowest BCUT2D eigenvalue weighted by Crippen LogP contribution is -2.37. The summed E-state index contributed by atoms with van der Waals surface area (Å²) in [4.78, 5) is 2.95. The first-order chi connectivity index (χ1) is 13.4. The van der Waals surface area contributed by atoms with E-state index in [0.29, 0.717) is 16.9 Å². The van der Waals surface area contributed by atoms with Crippen molar-refractivity contribution in [3.8, 4) is 0 Å². The first-order valence-electron chi connectivity index (χ1n) is 10.6. The van der Waals surface area contributed by atoms with E-state index in [1.165, 1.54) is 38.9 Å². The van der Waals surface area contributed by atoms with E-state index in [1.807, 2.05) is 30.3 Å². The Morgan fingerprint density at radius 1 is 0.929 bits per heavy atom. The van der Waals surface area contributed by atoms with Gasteiger partial charge < -0.3 is 4.90 Å². The van der Waals surface area contributed by atoms with Crippen molar-refractivity contribution in [3.05, 3.63) is 42.5 Å². The van der Waals surface area contributed by atoms with Crippen LogP contribution in [0, 0.1) is 5.41 Å². The maximum atomic E-state index is 12.7. The standard InChI is InChI=1S/C23H34N2O2S/c1-23(2)14-18-25(19-15-23)17-8-4-3-7-16-24-28(26,27)22-13-9-11-20-10-5-6-12-21(20)22/h5-6,9-13,24H,3-4,7-8,14-19H2,1-2H3. The molecule has 28 heavy (non-hydrogen) atoms. The lowest BCUT2D eigenvalue weighted by molar-refractivity contribution is 0.131. The predicted octanol–water partition coefficient (Wildman–Crippen LogP) is 4.80. The Bertz CT molecular complexity index is 862. The third kappa shape index (κ3) is 5.79. The largest absolute Gasteiger partial charge is 0.303 e. The molecular formula is C23H34N2O2S. The van der Waals surface area contributed by atoms with E-state index in [0.717, 1.165) is 30.0 Å². The van der Waals surface area contributed by atoms with Gasteiger partial charge in [0.25, 0.3) is 0 Å². The molecule has 0 unspecified atom stereocenters. The average Bonchev–Trinajstić information content (AvgIpc) is 2.68. The molecule has 2 aromatic rings. The van der Waals surface area contributed by atoms with Gasteiger partial charge in [-0.1, -0.05) is 63.1 Å². The second kappa shape index (κ2) is 9.38. The highest BCUT2D eigenvalue weighted by Crippen LogP contribution is 2.29. The zero-order chi connectivity index (χ0) is 20.0. The Kier molecular flexibility index (Phi) is 7.13. The van der Waals surface area contributed by atoms with Crippen LogP contribution in [0.3, 0.4) is 0 Å². The van der Waals surface area contributed by atoms with Gasteiger partial charge in [0.1, 0.15) is 0 Å². The first-order valence-corrected chi connectivity index (χ1v) is 12.1. The van der Waals surface area contributed by atoms with Gasteiger partial charge in [-0.2, -0.15) is 0 Å². The number of sulfonamides is 1. The van der Waals surface area contributed by atoms with Crippen LogP contribution in [0.2, 0.25) is 0 Å². The number of piperidine rings is 1. The Hall–Kier alpha value is -1.43. The molecule has 0 radical (unpaired) electrons. The van der Waals surface area contributed by atoms with Gasteiger partial charge in [0.05, 0.1) is 4.90 Å². The van der Waals surface area contributed by atoms with Crippen molar-refractivity contribution in [2.75, 3.05) is 26.2 Å². The number of benzene rings is 2. The van der Waals surface area contributed by atoms with Gasteiger partial charge in [-0.3, -0.25) is 0 Å². The lowest BCUT2D eigenvalue weighted by atomic mass is 9.82. The smallest absolute Gasteiger partial charge is 0.241 e. The fourth-order valence-electron chi connectivity index (χ4n) is 3.91. The second-order valence-corrected chi connectivity index (χ2v) is 10.5. The molecule has 2 aromatic carbocycles. The van der Waals surface area contributed by atoms with Crippen LogP contribution in [0.15, 0.2) is 47.4 Å². The summed E-state index contributed by atoms with van der Waals surface area (Å²) >= 11 is 0. The minimum atomic E-state index is -3.47. The molecule has 4 nitrogen and oxygen atoms in total. The number of rotatable bonds is 9. The van der Waals surface area contributed by atoms with Gasteiger partial charge in [0.2, 0.25) is 10.0 Å². The molecule has 154 valence electrons. The molecule has 0 bridgehead atoms. The fraction of sp³-hybridized carbons (Fsp3) is 0.565. The SMILES string of the molecule is CC1(C)CCN(CCCCCCNS(=O)(=O)c2cccc3ccccc23)CC1. The van der Waals surface area contributed by atoms with E-state index in [-0.39, 0.29) is 0 Å². The van der Waals surface area contributed by atoms with E-state index in [2.05, 4.69) is 23.5 Å². The van der Waals surface area contributed by atoms with Crippen molar-refractivity contribution < 1.29 is 8.42 Å². The molecule has 1 N–H and O–H groups in total. The maximum Gasteiger partial charge on any atom is 0.241 e. The molecule has 0 atom stereocenters. The number of nitrogens with zero attached hydrogens (tertiary/aromatic N) is 1. The van der Waals surface area contributed by atoms with Gasteiger partial charge >= 0.3 is 0 Å². The summed E-state index contributed by atoms with van der Waals surface area (Å²) in [7, 11) is -3.47. The van der Waals surface area contributed by atoms with Crippen molar-refractivity contribution in [1.29, 1.82) is 0 Å². The van der Waals surface area contributed by atoms with Crippen LogP contribution in [0.4, 0.5) is 0 Å². The van der Waals surface area contributed by atoms with E-state index in [4.69, 9.17) is 0 Å². The molecule has 0 aromatic heterocycles. The van der Waals surface area contributed by atoms with Crippen molar-refractivity contribution in [3.63, 3.8) is 0 Å². The van der Waals surface area contributed by atoms with Crippen LogP contribution in [-0.2, 0) is 10.0 Å². The van der Waals surface area contributed by atoms with Crippen LogP contribution >= 0.6 is 0 Å². The predicted molar refractivity (Wildman–Crippen MR) is 117 cm³/mol. The Morgan fingerprint density at radius 2 is 1.61 bits per heavy atom. The molecule has 1 heterocycles. The Labute approximate surface area is 170 Å². The molecular weight excluding hydrogens is 368 g/mol. The summed E-state index contributed by atoms with van der Waals surface area (Å²) in [6.07, 6.45) is 6.91. The molecule has 1 aliphatic rings. The number of likely N-dealkylation sites (tertiary alicyclic amines) is 1. The van der Waals surface area contributed by atoms with Gasteiger partial charge in [-0.15, -0.1) is 0 Å². The minimum Gasteiger partial charge on any atom is -0.303 e. The second-order valence-electron chi connectivity index (χ2n) is 8.80. The number of hydrogen-bond donors (Lipinski definition) is 1. The van der Waals surface area contributed by atoms with Crippen molar-refractivity contribution in [2.45, 2.75) is 57.3 Å². The Morgan fingerprint density at radius 3 is 2.39 bits per heavy atom. The first kappa shape index (κ1) is 21.3. The van der Waals surface area contributed by atoms with E-state index in [1.54, 1.807) is 12.1 Å². The topological polar surface area (TPSA) is 49.4 Å². The minimum absolute atomic E-state index is 0.374. The Balaban J connectivity index is 1.37. The fourth-order valence-corrected chi connectivity index (χ4v) is 5.21. The molecule has 0 aliphatic carbocycles. The number of unbranched alkanes of at least 4 members (excludes halogenated alkanes) is 3. The van der Waals surface area contributed by atoms with Gasteiger partial charge in [-0.25, -0.2) is 13.1 Å². The molecule has 1 fully saturated rings. The average molecular weight is 403 g/mol. The van der Waals surface area contributed by atoms with E-state index < -0.39 is 10.0 Å². The quantitative estimate of drug-likeness (QED) is 0.613. The van der Waals surface area contributed by atoms with Crippen LogP contribution in [-0.4, -0.2) is 39.5 Å². The number of nitrogens with one attached hydrogen (secondary N) is 1. The number of hydrogen-bond acceptors (Lipinski definition) is 3. The summed E-state index contributed by atoms with van der Waals surface area (Å²) < 4.78 is 28.1. The molecule has 3 rings (SSSR count). The molecule has 0 amide bonds. The zero-order valence-corrected chi connectivity index (χ0v) is 18.1. The van der Waals surface area contributed by atoms with Gasteiger partial charge in [-0.05, 0) is 62.2 Å². The molecule has 0 spiro atoms. The van der Waals surface area contributed by atoms with Crippen LogP contribution in [0.1, 0.15) is 52.4 Å². The normalized spacial score (nSPS) is 17.8. The van der Waals surface area contributed by atoms with Crippen LogP contribution in [0.5, 0.6) is 0 Å². The van der Waals surface area contributed by atoms with Crippen molar-refractivity contribution in [2.24, 2.45) is 5.41 Å². The van der Waals surface area contributed by atoms with Gasteiger partial charge in [0.15, 0.2) is 0 Å². The van der Waals surface area contributed by atoms with E-state index in [9.17, 15) is 8.42 Å². The molecule has 0 saturated carbocycles. The van der Waals surface area contributed by atoms with Crippen molar-refractivity contribution >= 4 is 20.8 Å². The molecule has 1 aliphatic heterocycles. The third-order valence-electron chi connectivity index (χ3n) is 5.94. The summed E-state index contributed by atoms with van der Waals surface area (Å²) in [5, 5.41) is 1.73. The van der Waals surface area contributed by atoms with Crippen LogP contribution in [0.25, 0.3) is 10.8 Å². The highest BCUT2D eigenvalue weighted by Gasteiger charge is 2.24. The molecule has 1 saturated heterocycles.